The minimum Gasteiger partial charge on any atom is -0.469 e. The van der Waals surface area contributed by atoms with Gasteiger partial charge in [-0.15, -0.1) is 0 Å². The second kappa shape index (κ2) is 6.17. The monoisotopic (exact) mass is 300 g/mol. The van der Waals surface area contributed by atoms with Crippen molar-refractivity contribution < 1.29 is 14.3 Å². The van der Waals surface area contributed by atoms with Gasteiger partial charge in [-0.3, -0.25) is 4.79 Å². The summed E-state index contributed by atoms with van der Waals surface area (Å²) in [5, 5.41) is 0. The number of hydrogen-bond donors (Lipinski definition) is 0. The molecule has 0 aliphatic rings. The van der Waals surface area contributed by atoms with Crippen molar-refractivity contribution in [1.29, 1.82) is 0 Å². The maximum Gasteiger partial charge on any atom is 0.313 e. The zero-order valence-electron chi connectivity index (χ0n) is 10.3. The number of carbonyl (C=O) groups is 1. The van der Waals surface area contributed by atoms with Crippen LogP contribution in [0.2, 0.25) is 0 Å². The molecule has 0 aliphatic heterocycles. The Balaban J connectivity index is 2.42. The molecule has 0 aromatic heterocycles. The van der Waals surface area contributed by atoms with Crippen LogP contribution in [-0.2, 0) is 20.9 Å². The van der Waals surface area contributed by atoms with Crippen LogP contribution in [0.5, 0.6) is 0 Å². The minimum absolute atomic E-state index is 0.256. The summed E-state index contributed by atoms with van der Waals surface area (Å²) >= 11 is 3.37. The van der Waals surface area contributed by atoms with E-state index in [9.17, 15) is 4.79 Å². The maximum absolute atomic E-state index is 11.4. The standard InChI is InChI=1S/C13H17BrO3/c1-13(2,12(15)16-3)9-17-8-10-4-6-11(14)7-5-10/h4-7H,8-9H2,1-3H3. The molecule has 1 aromatic rings. The first kappa shape index (κ1) is 14.2. The number of esters is 1. The Kier molecular flexibility index (Phi) is 5.15. The molecular formula is C13H17BrO3. The molecule has 0 spiro atoms. The molecule has 0 unspecified atom stereocenters. The lowest BCUT2D eigenvalue weighted by molar-refractivity contribution is -0.154. The first-order chi connectivity index (χ1) is 7.95. The highest BCUT2D eigenvalue weighted by atomic mass is 79.9. The molecule has 1 aromatic carbocycles. The van der Waals surface area contributed by atoms with E-state index in [0.29, 0.717) is 13.2 Å². The van der Waals surface area contributed by atoms with Crippen LogP contribution < -0.4 is 0 Å². The number of rotatable bonds is 5. The van der Waals surface area contributed by atoms with Crippen LogP contribution in [-0.4, -0.2) is 19.7 Å². The smallest absolute Gasteiger partial charge is 0.313 e. The summed E-state index contributed by atoms with van der Waals surface area (Å²) in [4.78, 5) is 11.4. The van der Waals surface area contributed by atoms with Gasteiger partial charge in [0.25, 0.3) is 0 Å². The molecule has 94 valence electrons. The predicted molar refractivity (Wildman–Crippen MR) is 69.6 cm³/mol. The number of halogens is 1. The van der Waals surface area contributed by atoms with Crippen molar-refractivity contribution in [3.05, 3.63) is 34.3 Å². The van der Waals surface area contributed by atoms with Crippen molar-refractivity contribution in [3.63, 3.8) is 0 Å². The van der Waals surface area contributed by atoms with Crippen molar-refractivity contribution >= 4 is 21.9 Å². The SMILES string of the molecule is COC(=O)C(C)(C)COCc1ccc(Br)cc1. The number of ether oxygens (including phenoxy) is 2. The quantitative estimate of drug-likeness (QED) is 0.784. The molecule has 3 nitrogen and oxygen atoms in total. The Bertz CT molecular complexity index is 371. The normalized spacial score (nSPS) is 11.3. The molecule has 0 saturated carbocycles. The zero-order valence-corrected chi connectivity index (χ0v) is 11.9. The van der Waals surface area contributed by atoms with Crippen LogP contribution in [0.15, 0.2) is 28.7 Å². The van der Waals surface area contributed by atoms with E-state index in [2.05, 4.69) is 15.9 Å². The van der Waals surface area contributed by atoms with E-state index in [4.69, 9.17) is 9.47 Å². The Hall–Kier alpha value is -0.870. The highest BCUT2D eigenvalue weighted by Crippen LogP contribution is 2.18. The van der Waals surface area contributed by atoms with Gasteiger partial charge in [0.2, 0.25) is 0 Å². The van der Waals surface area contributed by atoms with E-state index in [1.54, 1.807) is 13.8 Å². The third-order valence-electron chi connectivity index (χ3n) is 2.38. The molecule has 0 N–H and O–H groups in total. The van der Waals surface area contributed by atoms with Crippen LogP contribution in [0.3, 0.4) is 0 Å². The van der Waals surface area contributed by atoms with E-state index < -0.39 is 5.41 Å². The van der Waals surface area contributed by atoms with E-state index in [1.165, 1.54) is 7.11 Å². The summed E-state index contributed by atoms with van der Waals surface area (Å²) in [6, 6.07) is 7.89. The van der Waals surface area contributed by atoms with E-state index in [0.717, 1.165) is 10.0 Å². The second-order valence-electron chi connectivity index (χ2n) is 4.49. The summed E-state index contributed by atoms with van der Waals surface area (Å²) in [6.45, 7) is 4.45. The highest BCUT2D eigenvalue weighted by Gasteiger charge is 2.28. The van der Waals surface area contributed by atoms with Gasteiger partial charge < -0.3 is 9.47 Å². The van der Waals surface area contributed by atoms with Gasteiger partial charge in [-0.05, 0) is 31.5 Å². The largest absolute Gasteiger partial charge is 0.469 e. The molecule has 0 bridgehead atoms. The molecule has 1 rings (SSSR count). The third kappa shape index (κ3) is 4.48. The number of carbonyl (C=O) groups excluding carboxylic acids is 1. The molecule has 0 amide bonds. The van der Waals surface area contributed by atoms with Gasteiger partial charge in [0.1, 0.15) is 0 Å². The van der Waals surface area contributed by atoms with Crippen LogP contribution in [0.4, 0.5) is 0 Å². The van der Waals surface area contributed by atoms with Crippen molar-refractivity contribution in [1.82, 2.24) is 0 Å². The van der Waals surface area contributed by atoms with Crippen molar-refractivity contribution in [3.8, 4) is 0 Å². The molecule has 0 radical (unpaired) electrons. The maximum atomic E-state index is 11.4. The molecule has 0 saturated heterocycles. The Morgan fingerprint density at radius 1 is 1.29 bits per heavy atom. The Morgan fingerprint density at radius 2 is 1.88 bits per heavy atom. The fourth-order valence-corrected chi connectivity index (χ4v) is 1.60. The van der Waals surface area contributed by atoms with Crippen LogP contribution in [0.25, 0.3) is 0 Å². The average molecular weight is 301 g/mol. The first-order valence-corrected chi connectivity index (χ1v) is 6.15. The summed E-state index contributed by atoms with van der Waals surface area (Å²) < 4.78 is 11.3. The van der Waals surface area contributed by atoms with Gasteiger partial charge in [-0.1, -0.05) is 28.1 Å². The minimum atomic E-state index is -0.607. The van der Waals surface area contributed by atoms with Crippen LogP contribution in [0, 0.1) is 5.41 Å². The third-order valence-corrected chi connectivity index (χ3v) is 2.91. The fourth-order valence-electron chi connectivity index (χ4n) is 1.34. The number of hydrogen-bond acceptors (Lipinski definition) is 3. The first-order valence-electron chi connectivity index (χ1n) is 5.36. The summed E-state index contributed by atoms with van der Waals surface area (Å²) in [6.07, 6.45) is 0. The van der Waals surface area contributed by atoms with E-state index in [-0.39, 0.29) is 5.97 Å². The average Bonchev–Trinajstić information content (AvgIpc) is 2.30. The lowest BCUT2D eigenvalue weighted by Crippen LogP contribution is -2.30. The van der Waals surface area contributed by atoms with E-state index >= 15 is 0 Å². The van der Waals surface area contributed by atoms with Gasteiger partial charge in [0.15, 0.2) is 0 Å². The molecule has 0 heterocycles. The lowest BCUT2D eigenvalue weighted by atomic mass is 9.95. The molecule has 0 fully saturated rings. The summed E-state index contributed by atoms with van der Waals surface area (Å²) in [5.74, 6) is -0.256. The lowest BCUT2D eigenvalue weighted by Gasteiger charge is -2.21. The van der Waals surface area contributed by atoms with Gasteiger partial charge in [0, 0.05) is 4.47 Å². The summed E-state index contributed by atoms with van der Waals surface area (Å²) in [5.41, 5.74) is 0.471. The van der Waals surface area contributed by atoms with Crippen LogP contribution >= 0.6 is 15.9 Å². The van der Waals surface area contributed by atoms with Gasteiger partial charge in [0.05, 0.1) is 25.7 Å². The molecule has 0 atom stereocenters. The van der Waals surface area contributed by atoms with Crippen molar-refractivity contribution in [2.24, 2.45) is 5.41 Å². The van der Waals surface area contributed by atoms with Crippen molar-refractivity contribution in [2.45, 2.75) is 20.5 Å². The Labute approximate surface area is 110 Å². The van der Waals surface area contributed by atoms with Gasteiger partial charge in [-0.2, -0.15) is 0 Å². The molecule has 4 heteroatoms. The van der Waals surface area contributed by atoms with Crippen LogP contribution in [0.1, 0.15) is 19.4 Å². The zero-order chi connectivity index (χ0) is 12.9. The predicted octanol–water partition coefficient (Wildman–Crippen LogP) is 3.16. The number of methoxy groups -OCH3 is 1. The fraction of sp³-hybridized carbons (Fsp3) is 0.462. The molecule has 17 heavy (non-hydrogen) atoms. The summed E-state index contributed by atoms with van der Waals surface area (Å²) in [7, 11) is 1.39. The van der Waals surface area contributed by atoms with Gasteiger partial charge in [-0.25, -0.2) is 0 Å². The molecular weight excluding hydrogens is 284 g/mol. The second-order valence-corrected chi connectivity index (χ2v) is 5.41. The Morgan fingerprint density at radius 3 is 2.41 bits per heavy atom. The van der Waals surface area contributed by atoms with Gasteiger partial charge >= 0.3 is 5.97 Å². The highest BCUT2D eigenvalue weighted by molar-refractivity contribution is 9.10. The molecule has 0 aliphatic carbocycles. The van der Waals surface area contributed by atoms with Crippen molar-refractivity contribution in [2.75, 3.05) is 13.7 Å². The topological polar surface area (TPSA) is 35.5 Å². The number of benzene rings is 1. The van der Waals surface area contributed by atoms with E-state index in [1.807, 2.05) is 24.3 Å².